The van der Waals surface area contributed by atoms with Crippen molar-refractivity contribution in [1.82, 2.24) is 4.68 Å². The van der Waals surface area contributed by atoms with E-state index in [1.165, 1.54) is 0 Å². The minimum Gasteiger partial charge on any atom is -0.456 e. The molecule has 0 aliphatic carbocycles. The fourth-order valence-corrected chi connectivity index (χ4v) is 7.00. The number of hydrogen-bond donors (Lipinski definition) is 2. The van der Waals surface area contributed by atoms with Crippen LogP contribution in [0.5, 0.6) is 0 Å². The smallest absolute Gasteiger partial charge is 0.154 e. The molecule has 0 bridgehead atoms. The Balaban J connectivity index is 1.35. The van der Waals surface area contributed by atoms with Gasteiger partial charge in [0, 0.05) is 43.4 Å². The molecule has 0 amide bonds. The number of aromatic nitrogens is 1. The maximum Gasteiger partial charge on any atom is 0.154 e. The topological polar surface area (TPSA) is 79.5 Å². The van der Waals surface area contributed by atoms with Crippen LogP contribution in [-0.2, 0) is 0 Å². The van der Waals surface area contributed by atoms with Crippen LogP contribution in [0.2, 0.25) is 0 Å². The highest BCUT2D eigenvalue weighted by Crippen LogP contribution is 2.48. The molecule has 206 valence electrons. The summed E-state index contributed by atoms with van der Waals surface area (Å²) in [5.74, 6) is 0.760. The summed E-state index contributed by atoms with van der Waals surface area (Å²) in [5, 5.41) is 17.7. The van der Waals surface area contributed by atoms with Gasteiger partial charge in [0.15, 0.2) is 11.7 Å². The first kappa shape index (κ1) is 23.4. The lowest BCUT2D eigenvalue weighted by Gasteiger charge is -2.14. The monoisotopic (exact) mass is 566 g/mol. The second-order valence-electron chi connectivity index (χ2n) is 11.2. The van der Waals surface area contributed by atoms with Crippen molar-refractivity contribution < 1.29 is 8.83 Å². The van der Waals surface area contributed by atoms with E-state index in [-0.39, 0.29) is 5.84 Å². The maximum absolute atomic E-state index is 8.86. The van der Waals surface area contributed by atoms with Gasteiger partial charge in [0.2, 0.25) is 0 Å². The molecule has 7 aromatic carbocycles. The standard InChI is InChI=1S/C38H22N4O2/c39-37(21-9-3-1-4-10-21)40-38(22-11-5-2-6-12-22)41-42-25-15-7-13-23-24-14-8-16-27-32(24)34-29(43-27)19-20-30-36(34)35-28(44-30)18-17-26(42)33(35)31(23)25/h1-20H,(H2,39,40,41). The van der Waals surface area contributed by atoms with E-state index < -0.39 is 0 Å². The highest BCUT2D eigenvalue weighted by atomic mass is 16.3. The van der Waals surface area contributed by atoms with E-state index >= 15 is 0 Å². The molecule has 3 aromatic heterocycles. The second-order valence-corrected chi connectivity index (χ2v) is 11.2. The van der Waals surface area contributed by atoms with E-state index in [1.54, 1.807) is 0 Å². The van der Waals surface area contributed by atoms with Crippen LogP contribution in [0.4, 0.5) is 0 Å². The molecule has 2 N–H and O–H groups in total. The highest BCUT2D eigenvalue weighted by molar-refractivity contribution is 6.41. The van der Waals surface area contributed by atoms with E-state index in [2.05, 4.69) is 52.6 Å². The Kier molecular flexibility index (Phi) is 4.50. The summed E-state index contributed by atoms with van der Waals surface area (Å²) in [6.07, 6.45) is 0. The van der Waals surface area contributed by atoms with Gasteiger partial charge in [-0.15, -0.1) is 0 Å². The summed E-state index contributed by atoms with van der Waals surface area (Å²) >= 11 is 0. The van der Waals surface area contributed by atoms with Crippen LogP contribution in [0.25, 0.3) is 76.5 Å². The zero-order chi connectivity index (χ0) is 28.9. The molecular weight excluding hydrogens is 544 g/mol. The van der Waals surface area contributed by atoms with Gasteiger partial charge in [-0.05, 0) is 47.2 Å². The summed E-state index contributed by atoms with van der Waals surface area (Å²) in [4.78, 5) is 4.85. The molecule has 10 aromatic rings. The Morgan fingerprint density at radius 3 is 1.77 bits per heavy atom. The van der Waals surface area contributed by atoms with Crippen LogP contribution < -0.4 is 5.43 Å². The minimum absolute atomic E-state index is 0.181. The molecule has 6 heteroatoms. The number of hydrogen-bond acceptors (Lipinski definition) is 3. The second kappa shape index (κ2) is 8.46. The third kappa shape index (κ3) is 3.03. The molecule has 44 heavy (non-hydrogen) atoms. The number of benzene rings is 6. The van der Waals surface area contributed by atoms with Crippen molar-refractivity contribution in [1.29, 1.82) is 5.41 Å². The lowest BCUT2D eigenvalue weighted by atomic mass is 9.95. The van der Waals surface area contributed by atoms with Gasteiger partial charge in [0.25, 0.3) is 0 Å². The summed E-state index contributed by atoms with van der Waals surface area (Å²) in [5.41, 5.74) is 10.7. The number of nitrogens with one attached hydrogen (secondary N) is 2. The summed E-state index contributed by atoms with van der Waals surface area (Å²) < 4.78 is 15.0. The minimum atomic E-state index is 0.181. The Morgan fingerprint density at radius 2 is 1.05 bits per heavy atom. The molecule has 0 saturated heterocycles. The van der Waals surface area contributed by atoms with Crippen LogP contribution in [-0.4, -0.2) is 16.3 Å². The van der Waals surface area contributed by atoms with Gasteiger partial charge in [-0.1, -0.05) is 84.9 Å². The SMILES string of the molecule is N=C(N=C(Nn1c2cccc3c4cccc5oc6ccc7oc8ccc1c(c8c7c6c54)c32)c1ccccc1)c1ccccc1. The summed E-state index contributed by atoms with van der Waals surface area (Å²) in [6, 6.07) is 40.5. The molecule has 0 atom stereocenters. The lowest BCUT2D eigenvalue weighted by molar-refractivity contribution is 0.663. The van der Waals surface area contributed by atoms with E-state index in [9.17, 15) is 0 Å². The zero-order valence-electron chi connectivity index (χ0n) is 23.3. The van der Waals surface area contributed by atoms with Crippen LogP contribution in [0.3, 0.4) is 0 Å². The van der Waals surface area contributed by atoms with Gasteiger partial charge >= 0.3 is 0 Å². The van der Waals surface area contributed by atoms with Crippen molar-refractivity contribution in [3.05, 3.63) is 132 Å². The van der Waals surface area contributed by atoms with E-state index in [0.29, 0.717) is 5.84 Å². The third-order valence-corrected chi connectivity index (χ3v) is 8.84. The predicted octanol–water partition coefficient (Wildman–Crippen LogP) is 9.64. The van der Waals surface area contributed by atoms with Crippen molar-refractivity contribution in [3.8, 4) is 0 Å². The molecule has 0 fully saturated rings. The Bertz CT molecular complexity index is 2750. The quantitative estimate of drug-likeness (QED) is 0.165. The van der Waals surface area contributed by atoms with Crippen molar-refractivity contribution in [3.63, 3.8) is 0 Å². The van der Waals surface area contributed by atoms with Gasteiger partial charge in [0.05, 0.1) is 11.0 Å². The molecule has 3 heterocycles. The lowest BCUT2D eigenvalue weighted by Crippen LogP contribution is -2.25. The van der Waals surface area contributed by atoms with Crippen molar-refractivity contribution >= 4 is 88.1 Å². The zero-order valence-corrected chi connectivity index (χ0v) is 23.3. The number of furan rings is 2. The van der Waals surface area contributed by atoms with E-state index in [4.69, 9.17) is 19.2 Å². The third-order valence-electron chi connectivity index (χ3n) is 8.84. The number of rotatable bonds is 3. The average molecular weight is 567 g/mol. The van der Waals surface area contributed by atoms with E-state index in [1.807, 2.05) is 78.9 Å². The molecule has 0 aliphatic rings. The van der Waals surface area contributed by atoms with Gasteiger partial charge in [-0.2, -0.15) is 0 Å². The van der Waals surface area contributed by atoms with Crippen molar-refractivity contribution in [2.24, 2.45) is 4.99 Å². The van der Waals surface area contributed by atoms with Crippen LogP contribution in [0.15, 0.2) is 135 Å². The van der Waals surface area contributed by atoms with Crippen molar-refractivity contribution in [2.75, 3.05) is 5.43 Å². The van der Waals surface area contributed by atoms with Gasteiger partial charge in [-0.3, -0.25) is 15.5 Å². The average Bonchev–Trinajstić information content (AvgIpc) is 3.73. The molecule has 0 spiro atoms. The normalized spacial score (nSPS) is 12.8. The number of nitrogens with zero attached hydrogens (tertiary/aromatic N) is 2. The Morgan fingerprint density at radius 1 is 0.500 bits per heavy atom. The number of fused-ring (bicyclic) bond motifs is 1. The van der Waals surface area contributed by atoms with Gasteiger partial charge in [-0.25, -0.2) is 4.99 Å². The largest absolute Gasteiger partial charge is 0.456 e. The predicted molar refractivity (Wildman–Crippen MR) is 179 cm³/mol. The first-order valence-electron chi connectivity index (χ1n) is 14.6. The van der Waals surface area contributed by atoms with Gasteiger partial charge < -0.3 is 8.83 Å². The van der Waals surface area contributed by atoms with Crippen LogP contribution in [0, 0.1) is 5.41 Å². The fraction of sp³-hybridized carbons (Fsp3) is 0. The van der Waals surface area contributed by atoms with Gasteiger partial charge in [0.1, 0.15) is 22.3 Å². The molecule has 0 aliphatic heterocycles. The fourth-order valence-electron chi connectivity index (χ4n) is 7.00. The first-order valence-corrected chi connectivity index (χ1v) is 14.6. The molecule has 0 unspecified atom stereocenters. The first-order chi connectivity index (χ1) is 21.7. The summed E-state index contributed by atoms with van der Waals surface area (Å²) in [7, 11) is 0. The molecular formula is C38H22N4O2. The Hall–Kier alpha value is -6.14. The Labute approximate surface area is 249 Å². The molecule has 0 saturated carbocycles. The maximum atomic E-state index is 8.86. The highest BCUT2D eigenvalue weighted by Gasteiger charge is 2.25. The van der Waals surface area contributed by atoms with E-state index in [0.717, 1.165) is 87.6 Å². The number of aliphatic imine (C=N–C) groups is 1. The summed E-state index contributed by atoms with van der Waals surface area (Å²) in [6.45, 7) is 0. The van der Waals surface area contributed by atoms with Crippen molar-refractivity contribution in [2.45, 2.75) is 0 Å². The molecule has 6 nitrogen and oxygen atoms in total. The van der Waals surface area contributed by atoms with Crippen LogP contribution in [0.1, 0.15) is 11.1 Å². The number of amidine groups is 2. The molecule has 10 rings (SSSR count). The van der Waals surface area contributed by atoms with Crippen LogP contribution >= 0.6 is 0 Å². The molecule has 0 radical (unpaired) electrons.